The molecule has 0 aliphatic carbocycles. The van der Waals surface area contributed by atoms with E-state index in [0.29, 0.717) is 5.92 Å². The largest absolute Gasteiger partial charge is 0.396 e. The molecule has 0 radical (unpaired) electrons. The van der Waals surface area contributed by atoms with Gasteiger partial charge in [-0.15, -0.1) is 0 Å². The van der Waals surface area contributed by atoms with Crippen LogP contribution in [0.5, 0.6) is 0 Å². The lowest BCUT2D eigenvalue weighted by atomic mass is 10.1. The van der Waals surface area contributed by atoms with E-state index in [1.54, 1.807) is 0 Å². The highest BCUT2D eigenvalue weighted by atomic mass is 16.3. The van der Waals surface area contributed by atoms with E-state index in [2.05, 4.69) is 20.2 Å². The quantitative estimate of drug-likeness (QED) is 0.775. The Morgan fingerprint density at radius 3 is 2.88 bits per heavy atom. The summed E-state index contributed by atoms with van der Waals surface area (Å²) in [6.45, 7) is 3.04. The minimum absolute atomic E-state index is 0.278. The molecule has 5 nitrogen and oxygen atoms in total. The smallest absolute Gasteiger partial charge is 0.225 e. The molecule has 2 rings (SSSR count). The Morgan fingerprint density at radius 1 is 1.47 bits per heavy atom. The summed E-state index contributed by atoms with van der Waals surface area (Å²) in [5, 5.41) is 12.0. The number of nitrogens with zero attached hydrogens (tertiary/aromatic N) is 3. The summed E-state index contributed by atoms with van der Waals surface area (Å²) in [5.41, 5.74) is 1.10. The molecule has 2 heterocycles. The maximum absolute atomic E-state index is 8.92. The van der Waals surface area contributed by atoms with Crippen molar-refractivity contribution in [3.05, 3.63) is 18.0 Å². The van der Waals surface area contributed by atoms with Gasteiger partial charge in [0.05, 0.1) is 0 Å². The third-order valence-electron chi connectivity index (χ3n) is 3.18. The fraction of sp³-hybridized carbons (Fsp3) is 0.667. The Hall–Kier alpha value is -1.20. The second kappa shape index (κ2) is 5.93. The third-order valence-corrected chi connectivity index (χ3v) is 3.18. The van der Waals surface area contributed by atoms with E-state index < -0.39 is 0 Å². The summed E-state index contributed by atoms with van der Waals surface area (Å²) < 4.78 is 0. The van der Waals surface area contributed by atoms with Crippen LogP contribution < -0.4 is 10.2 Å². The van der Waals surface area contributed by atoms with Crippen LogP contribution in [-0.4, -0.2) is 41.8 Å². The van der Waals surface area contributed by atoms with E-state index in [1.165, 1.54) is 0 Å². The molecule has 17 heavy (non-hydrogen) atoms. The molecule has 0 spiro atoms. The molecule has 1 aromatic rings. The number of rotatable bonds is 5. The fourth-order valence-corrected chi connectivity index (χ4v) is 2.24. The van der Waals surface area contributed by atoms with Crippen LogP contribution in [0.25, 0.3) is 0 Å². The number of aliphatic hydroxyl groups excluding tert-OH is 1. The van der Waals surface area contributed by atoms with Gasteiger partial charge < -0.3 is 15.3 Å². The molecule has 0 saturated carbocycles. The highest BCUT2D eigenvalue weighted by Gasteiger charge is 2.23. The van der Waals surface area contributed by atoms with E-state index in [4.69, 9.17) is 5.11 Å². The van der Waals surface area contributed by atoms with Crippen LogP contribution >= 0.6 is 0 Å². The van der Waals surface area contributed by atoms with Crippen molar-refractivity contribution in [2.45, 2.75) is 19.4 Å². The lowest BCUT2D eigenvalue weighted by molar-refractivity contribution is 0.263. The predicted molar refractivity (Wildman–Crippen MR) is 66.8 cm³/mol. The van der Waals surface area contributed by atoms with Gasteiger partial charge >= 0.3 is 0 Å². The summed E-state index contributed by atoms with van der Waals surface area (Å²) in [6, 6.07) is 0. The maximum Gasteiger partial charge on any atom is 0.225 e. The molecule has 1 aromatic heterocycles. The molecule has 1 unspecified atom stereocenters. The molecule has 0 aromatic carbocycles. The van der Waals surface area contributed by atoms with Gasteiger partial charge in [0.15, 0.2) is 0 Å². The average Bonchev–Trinajstić information content (AvgIpc) is 2.80. The zero-order chi connectivity index (χ0) is 12.1. The van der Waals surface area contributed by atoms with Gasteiger partial charge in [0, 0.05) is 44.2 Å². The second-order valence-electron chi connectivity index (χ2n) is 4.53. The fourth-order valence-electron chi connectivity index (χ4n) is 2.24. The van der Waals surface area contributed by atoms with E-state index >= 15 is 0 Å². The monoisotopic (exact) mass is 236 g/mol. The molecule has 1 saturated heterocycles. The van der Waals surface area contributed by atoms with Gasteiger partial charge in [0.1, 0.15) is 0 Å². The molecule has 5 heteroatoms. The van der Waals surface area contributed by atoms with Gasteiger partial charge in [-0.1, -0.05) is 0 Å². The summed E-state index contributed by atoms with van der Waals surface area (Å²) in [7, 11) is 1.91. The minimum atomic E-state index is 0.278. The van der Waals surface area contributed by atoms with Gasteiger partial charge in [-0.25, -0.2) is 9.97 Å². The molecular weight excluding hydrogens is 216 g/mol. The van der Waals surface area contributed by atoms with Crippen LogP contribution in [0.3, 0.4) is 0 Å². The second-order valence-corrected chi connectivity index (χ2v) is 4.53. The first-order valence-electron chi connectivity index (χ1n) is 6.15. The number of anilines is 1. The zero-order valence-electron chi connectivity index (χ0n) is 10.3. The van der Waals surface area contributed by atoms with Crippen LogP contribution in [0.1, 0.15) is 18.4 Å². The van der Waals surface area contributed by atoms with Crippen LogP contribution in [0.2, 0.25) is 0 Å². The molecule has 1 atom stereocenters. The number of nitrogens with one attached hydrogen (secondary N) is 1. The molecule has 1 aliphatic heterocycles. The highest BCUT2D eigenvalue weighted by Crippen LogP contribution is 2.22. The number of aromatic nitrogens is 2. The first-order chi connectivity index (χ1) is 8.33. The lowest BCUT2D eigenvalue weighted by Gasteiger charge is -2.16. The minimum Gasteiger partial charge on any atom is -0.396 e. The standard InChI is InChI=1S/C12H20N4O/c1-13-6-11-7-14-12(15-8-11)16-4-2-10(9-16)3-5-17/h7-8,10,13,17H,2-6,9H2,1H3. The van der Waals surface area contributed by atoms with Crippen LogP contribution in [0, 0.1) is 5.92 Å². The van der Waals surface area contributed by atoms with Gasteiger partial charge in [-0.05, 0) is 25.8 Å². The van der Waals surface area contributed by atoms with Crippen LogP contribution in [0.4, 0.5) is 5.95 Å². The molecule has 0 amide bonds. The summed E-state index contributed by atoms with van der Waals surface area (Å²) >= 11 is 0. The van der Waals surface area contributed by atoms with Gasteiger partial charge in [0.25, 0.3) is 0 Å². The van der Waals surface area contributed by atoms with Crippen molar-refractivity contribution in [3.8, 4) is 0 Å². The Kier molecular flexibility index (Phi) is 4.28. The molecule has 0 bridgehead atoms. The summed E-state index contributed by atoms with van der Waals surface area (Å²) in [5.74, 6) is 1.39. The normalized spacial score (nSPS) is 19.9. The average molecular weight is 236 g/mol. The highest BCUT2D eigenvalue weighted by molar-refractivity contribution is 5.31. The molecule has 1 fully saturated rings. The van der Waals surface area contributed by atoms with Crippen molar-refractivity contribution >= 4 is 5.95 Å². The first-order valence-corrected chi connectivity index (χ1v) is 6.15. The van der Waals surface area contributed by atoms with E-state index in [9.17, 15) is 0 Å². The van der Waals surface area contributed by atoms with Crippen molar-refractivity contribution in [1.29, 1.82) is 0 Å². The third kappa shape index (κ3) is 3.14. The Morgan fingerprint density at radius 2 is 2.24 bits per heavy atom. The first kappa shape index (κ1) is 12.3. The zero-order valence-corrected chi connectivity index (χ0v) is 10.3. The summed E-state index contributed by atoms with van der Waals surface area (Å²) in [4.78, 5) is 11.0. The van der Waals surface area contributed by atoms with Crippen LogP contribution in [0.15, 0.2) is 12.4 Å². The van der Waals surface area contributed by atoms with Crippen molar-refractivity contribution < 1.29 is 5.11 Å². The number of hydrogen-bond acceptors (Lipinski definition) is 5. The Labute approximate surface area is 102 Å². The van der Waals surface area contributed by atoms with E-state index in [0.717, 1.165) is 44.0 Å². The van der Waals surface area contributed by atoms with Crippen molar-refractivity contribution in [1.82, 2.24) is 15.3 Å². The van der Waals surface area contributed by atoms with Gasteiger partial charge in [-0.3, -0.25) is 0 Å². The van der Waals surface area contributed by atoms with Crippen molar-refractivity contribution in [2.24, 2.45) is 5.92 Å². The molecule has 94 valence electrons. The maximum atomic E-state index is 8.92. The van der Waals surface area contributed by atoms with Crippen LogP contribution in [-0.2, 0) is 6.54 Å². The molecule has 1 aliphatic rings. The molecule has 2 N–H and O–H groups in total. The Bertz CT molecular complexity index is 341. The van der Waals surface area contributed by atoms with E-state index in [-0.39, 0.29) is 6.61 Å². The van der Waals surface area contributed by atoms with Gasteiger partial charge in [0.2, 0.25) is 5.95 Å². The Balaban J connectivity index is 1.94. The topological polar surface area (TPSA) is 61.3 Å². The number of aliphatic hydroxyl groups is 1. The van der Waals surface area contributed by atoms with E-state index in [1.807, 2.05) is 19.4 Å². The molecular formula is C12H20N4O. The number of hydrogen-bond donors (Lipinski definition) is 2. The van der Waals surface area contributed by atoms with Crippen molar-refractivity contribution in [2.75, 3.05) is 31.6 Å². The SMILES string of the molecule is CNCc1cnc(N2CCC(CCO)C2)nc1. The van der Waals surface area contributed by atoms with Crippen molar-refractivity contribution in [3.63, 3.8) is 0 Å². The van der Waals surface area contributed by atoms with Gasteiger partial charge in [-0.2, -0.15) is 0 Å². The lowest BCUT2D eigenvalue weighted by Crippen LogP contribution is -2.22. The summed E-state index contributed by atoms with van der Waals surface area (Å²) in [6.07, 6.45) is 5.76. The predicted octanol–water partition coefficient (Wildman–Crippen LogP) is 0.405.